The highest BCUT2D eigenvalue weighted by molar-refractivity contribution is 5.76. The Labute approximate surface area is 153 Å². The number of rotatable bonds is 4. The van der Waals surface area contributed by atoms with Gasteiger partial charge < -0.3 is 14.7 Å². The molecule has 138 valence electrons. The Morgan fingerprint density at radius 1 is 1.35 bits per heavy atom. The molecule has 3 heterocycles. The van der Waals surface area contributed by atoms with Crippen LogP contribution in [0.3, 0.4) is 0 Å². The predicted octanol–water partition coefficient (Wildman–Crippen LogP) is 1.73. The molecule has 1 N–H and O–H groups in total. The molecule has 3 atom stereocenters. The highest BCUT2D eigenvalue weighted by atomic mass is 16.5. The highest BCUT2D eigenvalue weighted by Gasteiger charge is 2.53. The summed E-state index contributed by atoms with van der Waals surface area (Å²) in [6, 6.07) is 12.2. The predicted molar refractivity (Wildman–Crippen MR) is 96.7 cm³/mol. The van der Waals surface area contributed by atoms with Gasteiger partial charge in [0.2, 0.25) is 5.91 Å². The molecule has 6 heteroatoms. The Bertz CT molecular complexity index is 776. The number of benzene rings is 1. The number of aliphatic hydroxyl groups excluding tert-OH is 1. The maximum atomic E-state index is 12.6. The molecule has 1 amide bonds. The Hall–Kier alpha value is -2.18. The van der Waals surface area contributed by atoms with E-state index < -0.39 is 11.7 Å². The maximum absolute atomic E-state index is 12.6. The van der Waals surface area contributed by atoms with Crippen molar-refractivity contribution in [2.45, 2.75) is 43.9 Å². The summed E-state index contributed by atoms with van der Waals surface area (Å²) in [6.45, 7) is 3.94. The lowest BCUT2D eigenvalue weighted by Crippen LogP contribution is -2.41. The highest BCUT2D eigenvalue weighted by Crippen LogP contribution is 2.42. The minimum Gasteiger partial charge on any atom is -0.388 e. The molecule has 1 aromatic heterocycles. The second kappa shape index (κ2) is 6.85. The van der Waals surface area contributed by atoms with Crippen LogP contribution in [-0.2, 0) is 16.1 Å². The quantitative estimate of drug-likeness (QED) is 0.907. The van der Waals surface area contributed by atoms with Crippen LogP contribution in [0.1, 0.15) is 30.0 Å². The molecule has 0 bridgehead atoms. The van der Waals surface area contributed by atoms with Crippen LogP contribution in [0.15, 0.2) is 42.6 Å². The first-order chi connectivity index (χ1) is 12.6. The Morgan fingerprint density at radius 3 is 2.88 bits per heavy atom. The molecule has 2 aliphatic rings. The molecule has 6 nitrogen and oxygen atoms in total. The average molecular weight is 355 g/mol. The van der Waals surface area contributed by atoms with E-state index in [2.05, 4.69) is 17.2 Å². The van der Waals surface area contributed by atoms with E-state index in [1.165, 1.54) is 5.56 Å². The largest absolute Gasteiger partial charge is 0.388 e. The minimum atomic E-state index is -0.633. The molecular weight excluding hydrogens is 330 g/mol. The van der Waals surface area contributed by atoms with Crippen molar-refractivity contribution in [1.82, 2.24) is 14.7 Å². The number of aliphatic hydroxyl groups is 1. The van der Waals surface area contributed by atoms with Gasteiger partial charge in [0.25, 0.3) is 0 Å². The lowest BCUT2D eigenvalue weighted by atomic mass is 9.87. The van der Waals surface area contributed by atoms with Gasteiger partial charge >= 0.3 is 0 Å². The molecule has 2 saturated heterocycles. The third-order valence-electron chi connectivity index (χ3n) is 5.71. The second-order valence-electron chi connectivity index (χ2n) is 7.42. The Kier molecular flexibility index (Phi) is 4.54. The molecule has 4 rings (SSSR count). The van der Waals surface area contributed by atoms with Crippen LogP contribution < -0.4 is 0 Å². The van der Waals surface area contributed by atoms with Crippen molar-refractivity contribution in [2.75, 3.05) is 19.7 Å². The number of amides is 1. The SMILES string of the molecule is Cc1ccnn1CCC(=O)N1C[C@@H](O)[C@@]2(C[C@@H](c3ccccc3)CO2)C1. The van der Waals surface area contributed by atoms with Crippen LogP contribution in [0.25, 0.3) is 0 Å². The zero-order chi connectivity index (χ0) is 18.1. The van der Waals surface area contributed by atoms with E-state index in [9.17, 15) is 9.90 Å². The number of ether oxygens (including phenoxy) is 1. The standard InChI is InChI=1S/C20H25N3O3/c1-15-7-9-21-23(15)10-8-19(25)22-12-18(24)20(14-22)11-17(13-26-20)16-5-3-2-4-6-16/h2-7,9,17-18,24H,8,10-14H2,1H3/t17-,18-,20-/m1/s1. The summed E-state index contributed by atoms with van der Waals surface area (Å²) < 4.78 is 7.90. The van der Waals surface area contributed by atoms with Crippen molar-refractivity contribution < 1.29 is 14.6 Å². The number of aromatic nitrogens is 2. The van der Waals surface area contributed by atoms with Gasteiger partial charge in [-0.15, -0.1) is 0 Å². The van der Waals surface area contributed by atoms with Crippen LogP contribution >= 0.6 is 0 Å². The average Bonchev–Trinajstić information content (AvgIpc) is 3.35. The molecule has 0 saturated carbocycles. The number of nitrogens with zero attached hydrogens (tertiary/aromatic N) is 3. The van der Waals surface area contributed by atoms with Crippen molar-refractivity contribution in [3.8, 4) is 0 Å². The van der Waals surface area contributed by atoms with Gasteiger partial charge in [-0.2, -0.15) is 5.10 Å². The third kappa shape index (κ3) is 3.15. The van der Waals surface area contributed by atoms with Crippen molar-refractivity contribution in [1.29, 1.82) is 0 Å². The molecule has 0 aliphatic carbocycles. The summed E-state index contributed by atoms with van der Waals surface area (Å²) >= 11 is 0. The molecule has 2 fully saturated rings. The van der Waals surface area contributed by atoms with Crippen LogP contribution in [-0.4, -0.2) is 57.1 Å². The third-order valence-corrected chi connectivity index (χ3v) is 5.71. The van der Waals surface area contributed by atoms with Crippen molar-refractivity contribution in [2.24, 2.45) is 0 Å². The number of β-amino-alcohol motifs (C(OH)–C–C–N with tert-alkyl or cyclic N) is 1. The first-order valence-electron chi connectivity index (χ1n) is 9.20. The molecule has 0 unspecified atom stereocenters. The molecule has 2 aromatic rings. The van der Waals surface area contributed by atoms with Crippen molar-refractivity contribution in [3.05, 3.63) is 53.9 Å². The fraction of sp³-hybridized carbons (Fsp3) is 0.500. The van der Waals surface area contributed by atoms with Crippen molar-refractivity contribution in [3.63, 3.8) is 0 Å². The number of aryl methyl sites for hydroxylation is 2. The van der Waals surface area contributed by atoms with E-state index in [-0.39, 0.29) is 11.8 Å². The summed E-state index contributed by atoms with van der Waals surface area (Å²) in [5.74, 6) is 0.315. The number of likely N-dealkylation sites (tertiary alicyclic amines) is 1. The lowest BCUT2D eigenvalue weighted by Gasteiger charge is -2.26. The summed E-state index contributed by atoms with van der Waals surface area (Å²) in [4.78, 5) is 14.4. The minimum absolute atomic E-state index is 0.0441. The summed E-state index contributed by atoms with van der Waals surface area (Å²) in [7, 11) is 0. The van der Waals surface area contributed by atoms with Gasteiger partial charge in [0.05, 0.1) is 13.2 Å². The normalized spacial score (nSPS) is 28.2. The monoisotopic (exact) mass is 355 g/mol. The number of hydrogen-bond acceptors (Lipinski definition) is 4. The molecule has 1 aromatic carbocycles. The summed E-state index contributed by atoms with van der Waals surface area (Å²) in [5.41, 5.74) is 1.65. The first kappa shape index (κ1) is 17.2. The first-order valence-corrected chi connectivity index (χ1v) is 9.20. The van der Waals surface area contributed by atoms with Gasteiger partial charge in [-0.1, -0.05) is 30.3 Å². The van der Waals surface area contributed by atoms with E-state index in [0.29, 0.717) is 32.7 Å². The van der Waals surface area contributed by atoms with Gasteiger partial charge in [-0.25, -0.2) is 0 Å². The van der Waals surface area contributed by atoms with Crippen molar-refractivity contribution >= 4 is 5.91 Å². The zero-order valence-corrected chi connectivity index (χ0v) is 15.0. The van der Waals surface area contributed by atoms with Crippen LogP contribution in [0, 0.1) is 6.92 Å². The molecular formula is C20H25N3O3. The number of hydrogen-bond donors (Lipinski definition) is 1. The second-order valence-corrected chi connectivity index (χ2v) is 7.42. The Balaban J connectivity index is 1.38. The summed E-state index contributed by atoms with van der Waals surface area (Å²) in [5, 5.41) is 14.8. The van der Waals surface area contributed by atoms with E-state index >= 15 is 0 Å². The molecule has 0 radical (unpaired) electrons. The van der Waals surface area contributed by atoms with Crippen LogP contribution in [0.2, 0.25) is 0 Å². The molecule has 1 spiro atoms. The maximum Gasteiger partial charge on any atom is 0.224 e. The smallest absolute Gasteiger partial charge is 0.224 e. The number of carbonyl (C=O) groups excluding carboxylic acids is 1. The summed E-state index contributed by atoms with van der Waals surface area (Å²) in [6.07, 6.45) is 2.24. The van der Waals surface area contributed by atoms with Crippen LogP contribution in [0.4, 0.5) is 0 Å². The Morgan fingerprint density at radius 2 is 2.15 bits per heavy atom. The van der Waals surface area contributed by atoms with E-state index in [1.54, 1.807) is 11.1 Å². The van der Waals surface area contributed by atoms with E-state index in [0.717, 1.165) is 12.1 Å². The van der Waals surface area contributed by atoms with Gasteiger partial charge in [0, 0.05) is 37.3 Å². The fourth-order valence-electron chi connectivity index (χ4n) is 4.13. The van der Waals surface area contributed by atoms with E-state index in [4.69, 9.17) is 4.74 Å². The lowest BCUT2D eigenvalue weighted by molar-refractivity contribution is -0.131. The van der Waals surface area contributed by atoms with Gasteiger partial charge in [-0.05, 0) is 25.0 Å². The van der Waals surface area contributed by atoms with Gasteiger partial charge in [-0.3, -0.25) is 9.48 Å². The van der Waals surface area contributed by atoms with E-state index in [1.807, 2.05) is 35.9 Å². The van der Waals surface area contributed by atoms with Gasteiger partial charge in [0.15, 0.2) is 0 Å². The fourth-order valence-corrected chi connectivity index (χ4v) is 4.13. The van der Waals surface area contributed by atoms with Crippen LogP contribution in [0.5, 0.6) is 0 Å². The number of carbonyl (C=O) groups is 1. The topological polar surface area (TPSA) is 67.6 Å². The molecule has 26 heavy (non-hydrogen) atoms. The molecule has 2 aliphatic heterocycles. The zero-order valence-electron chi connectivity index (χ0n) is 15.0. The van der Waals surface area contributed by atoms with Gasteiger partial charge in [0.1, 0.15) is 11.7 Å².